The minimum atomic E-state index is -0.416. The Hall–Kier alpha value is -2.56. The summed E-state index contributed by atoms with van der Waals surface area (Å²) in [5.74, 6) is -0.345. The quantitative estimate of drug-likeness (QED) is 0.736. The summed E-state index contributed by atoms with van der Waals surface area (Å²) in [5.41, 5.74) is 2.20. The third-order valence-corrected chi connectivity index (χ3v) is 3.27. The lowest BCUT2D eigenvalue weighted by Crippen LogP contribution is -2.32. The standard InChI is InChI=1S/C15H13FN2O2/c16-10-1-6-13-9(7-10)8-14(18-13)15(20)17-11-2-4-12(19)5-3-11/h1-7,14,18-19H,8H2,(H,17,20). The lowest BCUT2D eigenvalue weighted by atomic mass is 10.1. The Morgan fingerprint density at radius 2 is 2.00 bits per heavy atom. The Morgan fingerprint density at radius 3 is 2.75 bits per heavy atom. The number of hydrogen-bond donors (Lipinski definition) is 3. The predicted octanol–water partition coefficient (Wildman–Crippen LogP) is 2.51. The van der Waals surface area contributed by atoms with Crippen molar-refractivity contribution in [3.63, 3.8) is 0 Å². The average Bonchev–Trinajstić information content (AvgIpc) is 2.84. The van der Waals surface area contributed by atoms with Crippen LogP contribution < -0.4 is 10.6 Å². The van der Waals surface area contributed by atoms with Gasteiger partial charge >= 0.3 is 0 Å². The molecule has 0 radical (unpaired) electrons. The van der Waals surface area contributed by atoms with Gasteiger partial charge < -0.3 is 15.7 Å². The Kier molecular flexibility index (Phi) is 3.02. The molecule has 1 heterocycles. The largest absolute Gasteiger partial charge is 0.508 e. The van der Waals surface area contributed by atoms with E-state index in [-0.39, 0.29) is 17.5 Å². The lowest BCUT2D eigenvalue weighted by Gasteiger charge is -2.12. The first-order valence-electron chi connectivity index (χ1n) is 6.27. The van der Waals surface area contributed by atoms with E-state index in [4.69, 9.17) is 0 Å². The van der Waals surface area contributed by atoms with Crippen LogP contribution in [0.5, 0.6) is 5.75 Å². The molecule has 0 fully saturated rings. The van der Waals surface area contributed by atoms with Gasteiger partial charge in [-0.25, -0.2) is 4.39 Å². The SMILES string of the molecule is O=C(Nc1ccc(O)cc1)C1Cc2cc(F)ccc2N1. The molecule has 1 unspecified atom stereocenters. The molecule has 0 spiro atoms. The number of amides is 1. The smallest absolute Gasteiger partial charge is 0.247 e. The Morgan fingerprint density at radius 1 is 1.25 bits per heavy atom. The zero-order valence-corrected chi connectivity index (χ0v) is 10.6. The summed E-state index contributed by atoms with van der Waals surface area (Å²) in [6.45, 7) is 0. The van der Waals surface area contributed by atoms with Crippen molar-refractivity contribution in [1.29, 1.82) is 0 Å². The number of aromatic hydroxyl groups is 1. The number of halogens is 1. The van der Waals surface area contributed by atoms with E-state index in [0.29, 0.717) is 12.1 Å². The average molecular weight is 272 g/mol. The van der Waals surface area contributed by atoms with Gasteiger partial charge in [0.2, 0.25) is 5.91 Å². The number of carbonyl (C=O) groups excluding carboxylic acids is 1. The number of hydrogen-bond acceptors (Lipinski definition) is 3. The number of fused-ring (bicyclic) bond motifs is 1. The van der Waals surface area contributed by atoms with Gasteiger partial charge in [0, 0.05) is 17.8 Å². The molecule has 0 aromatic heterocycles. The van der Waals surface area contributed by atoms with Crippen LogP contribution in [0.3, 0.4) is 0 Å². The van der Waals surface area contributed by atoms with Crippen LogP contribution in [0.2, 0.25) is 0 Å². The van der Waals surface area contributed by atoms with E-state index in [2.05, 4.69) is 10.6 Å². The zero-order valence-electron chi connectivity index (χ0n) is 10.6. The summed E-state index contributed by atoms with van der Waals surface area (Å²) in [5, 5.41) is 15.0. The minimum absolute atomic E-state index is 0.143. The maximum atomic E-state index is 13.1. The fourth-order valence-electron chi connectivity index (χ4n) is 2.26. The lowest BCUT2D eigenvalue weighted by molar-refractivity contribution is -0.116. The summed E-state index contributed by atoms with van der Waals surface area (Å²) < 4.78 is 13.1. The van der Waals surface area contributed by atoms with Gasteiger partial charge in [0.15, 0.2) is 0 Å². The van der Waals surface area contributed by atoms with Crippen LogP contribution in [-0.2, 0) is 11.2 Å². The second-order valence-corrected chi connectivity index (χ2v) is 4.74. The molecule has 1 aliphatic rings. The van der Waals surface area contributed by atoms with Crippen LogP contribution in [0.15, 0.2) is 42.5 Å². The molecule has 1 atom stereocenters. The molecule has 102 valence electrons. The number of rotatable bonds is 2. The molecule has 1 aliphatic heterocycles. The molecule has 0 saturated carbocycles. The second-order valence-electron chi connectivity index (χ2n) is 4.74. The highest BCUT2D eigenvalue weighted by molar-refractivity contribution is 5.98. The van der Waals surface area contributed by atoms with Crippen molar-refractivity contribution >= 4 is 17.3 Å². The summed E-state index contributed by atoms with van der Waals surface area (Å²) in [7, 11) is 0. The minimum Gasteiger partial charge on any atom is -0.508 e. The fraction of sp³-hybridized carbons (Fsp3) is 0.133. The van der Waals surface area contributed by atoms with Gasteiger partial charge in [0.25, 0.3) is 0 Å². The van der Waals surface area contributed by atoms with E-state index in [1.165, 1.54) is 24.3 Å². The molecule has 0 bridgehead atoms. The normalized spacial score (nSPS) is 16.4. The van der Waals surface area contributed by atoms with Crippen molar-refractivity contribution < 1.29 is 14.3 Å². The van der Waals surface area contributed by atoms with Gasteiger partial charge in [-0.3, -0.25) is 4.79 Å². The van der Waals surface area contributed by atoms with E-state index < -0.39 is 6.04 Å². The first-order chi connectivity index (χ1) is 9.61. The van der Waals surface area contributed by atoms with Crippen LogP contribution in [0.1, 0.15) is 5.56 Å². The molecular weight excluding hydrogens is 259 g/mol. The van der Waals surface area contributed by atoms with Crippen molar-refractivity contribution in [2.24, 2.45) is 0 Å². The molecule has 5 heteroatoms. The van der Waals surface area contributed by atoms with Crippen molar-refractivity contribution in [3.8, 4) is 5.75 Å². The van der Waals surface area contributed by atoms with Gasteiger partial charge in [-0.15, -0.1) is 0 Å². The second kappa shape index (κ2) is 4.85. The first kappa shape index (κ1) is 12.5. The maximum Gasteiger partial charge on any atom is 0.247 e. The Labute approximate surface area is 115 Å². The highest BCUT2D eigenvalue weighted by Gasteiger charge is 2.26. The van der Waals surface area contributed by atoms with E-state index in [1.807, 2.05) is 0 Å². The third-order valence-electron chi connectivity index (χ3n) is 3.27. The van der Waals surface area contributed by atoms with Crippen LogP contribution in [-0.4, -0.2) is 17.1 Å². The number of phenols is 1. The topological polar surface area (TPSA) is 61.4 Å². The molecule has 20 heavy (non-hydrogen) atoms. The highest BCUT2D eigenvalue weighted by Crippen LogP contribution is 2.27. The predicted molar refractivity (Wildman–Crippen MR) is 74.3 cm³/mol. The monoisotopic (exact) mass is 272 g/mol. The summed E-state index contributed by atoms with van der Waals surface area (Å²) in [6.07, 6.45) is 0.455. The number of phenolic OH excluding ortho intramolecular Hbond substituents is 1. The van der Waals surface area contributed by atoms with Crippen molar-refractivity contribution in [1.82, 2.24) is 0 Å². The van der Waals surface area contributed by atoms with Crippen LogP contribution in [0.25, 0.3) is 0 Å². The molecule has 2 aromatic rings. The van der Waals surface area contributed by atoms with Crippen LogP contribution in [0, 0.1) is 5.82 Å². The Balaban J connectivity index is 1.69. The van der Waals surface area contributed by atoms with Crippen molar-refractivity contribution in [3.05, 3.63) is 53.8 Å². The molecule has 2 aromatic carbocycles. The third kappa shape index (κ3) is 2.42. The van der Waals surface area contributed by atoms with E-state index in [0.717, 1.165) is 11.3 Å². The van der Waals surface area contributed by atoms with Gasteiger partial charge in [-0.1, -0.05) is 0 Å². The number of benzene rings is 2. The van der Waals surface area contributed by atoms with E-state index in [9.17, 15) is 14.3 Å². The molecule has 3 rings (SSSR count). The summed E-state index contributed by atoms with van der Waals surface area (Å²) >= 11 is 0. The number of carbonyl (C=O) groups is 1. The van der Waals surface area contributed by atoms with E-state index >= 15 is 0 Å². The van der Waals surface area contributed by atoms with E-state index in [1.54, 1.807) is 18.2 Å². The number of anilines is 2. The molecular formula is C15H13FN2O2. The molecule has 4 nitrogen and oxygen atoms in total. The molecule has 3 N–H and O–H groups in total. The highest BCUT2D eigenvalue weighted by atomic mass is 19.1. The van der Waals surface area contributed by atoms with Crippen LogP contribution >= 0.6 is 0 Å². The van der Waals surface area contributed by atoms with Gasteiger partial charge in [0.05, 0.1) is 0 Å². The first-order valence-corrected chi connectivity index (χ1v) is 6.27. The molecule has 0 aliphatic carbocycles. The van der Waals surface area contributed by atoms with Gasteiger partial charge in [0.1, 0.15) is 17.6 Å². The van der Waals surface area contributed by atoms with Gasteiger partial charge in [-0.2, -0.15) is 0 Å². The maximum absolute atomic E-state index is 13.1. The zero-order chi connectivity index (χ0) is 14.1. The fourth-order valence-corrected chi connectivity index (χ4v) is 2.26. The summed E-state index contributed by atoms with van der Waals surface area (Å²) in [4.78, 5) is 12.1. The summed E-state index contributed by atoms with van der Waals surface area (Å²) in [6, 6.07) is 10.3. The van der Waals surface area contributed by atoms with Crippen LogP contribution in [0.4, 0.5) is 15.8 Å². The van der Waals surface area contributed by atoms with Crippen molar-refractivity contribution in [2.75, 3.05) is 10.6 Å². The van der Waals surface area contributed by atoms with Crippen molar-refractivity contribution in [2.45, 2.75) is 12.5 Å². The van der Waals surface area contributed by atoms with Gasteiger partial charge in [-0.05, 0) is 48.0 Å². The number of nitrogens with one attached hydrogen (secondary N) is 2. The Bertz CT molecular complexity index is 655. The molecule has 1 amide bonds. The molecule has 0 saturated heterocycles.